The Labute approximate surface area is 79.6 Å². The monoisotopic (exact) mass is 200 g/mol. The van der Waals surface area contributed by atoms with Crippen LogP contribution in [0.15, 0.2) is 24.3 Å². The van der Waals surface area contributed by atoms with Gasteiger partial charge in [0.2, 0.25) is 11.3 Å². The van der Waals surface area contributed by atoms with Crippen molar-refractivity contribution in [2.45, 2.75) is 13.1 Å². The zero-order chi connectivity index (χ0) is 9.68. The molecule has 4 N–H and O–H groups in total. The lowest BCUT2D eigenvalue weighted by atomic mass is 10.1. The second kappa shape index (κ2) is 5.08. The Kier molecular flexibility index (Phi) is 4.04. The highest BCUT2D eigenvalue weighted by Gasteiger charge is 1.96. The summed E-state index contributed by atoms with van der Waals surface area (Å²) in [5, 5.41) is 0. The second-order valence-corrected chi connectivity index (χ2v) is 3.38. The van der Waals surface area contributed by atoms with E-state index in [1.807, 2.05) is 24.3 Å². The van der Waals surface area contributed by atoms with Crippen molar-refractivity contribution < 1.29 is 8.76 Å². The van der Waals surface area contributed by atoms with Crippen LogP contribution in [0.5, 0.6) is 0 Å². The van der Waals surface area contributed by atoms with E-state index in [0.717, 1.165) is 11.1 Å². The van der Waals surface area contributed by atoms with Crippen molar-refractivity contribution >= 4 is 11.3 Å². The quantitative estimate of drug-likeness (QED) is 0.615. The van der Waals surface area contributed by atoms with Gasteiger partial charge < -0.3 is 5.73 Å². The molecule has 0 amide bonds. The fraction of sp³-hybridized carbons (Fsp3) is 0.250. The van der Waals surface area contributed by atoms with Crippen LogP contribution in [0.3, 0.4) is 0 Å². The van der Waals surface area contributed by atoms with Crippen LogP contribution in [0, 0.1) is 0 Å². The Morgan fingerprint density at radius 3 is 2.77 bits per heavy atom. The molecule has 0 aliphatic rings. The number of nitrogens with one attached hydrogen (secondary N) is 1. The van der Waals surface area contributed by atoms with E-state index in [-0.39, 0.29) is 0 Å². The van der Waals surface area contributed by atoms with Crippen LogP contribution in [0.1, 0.15) is 11.1 Å². The smallest absolute Gasteiger partial charge is 0.232 e. The van der Waals surface area contributed by atoms with E-state index in [2.05, 4.69) is 4.72 Å². The molecule has 1 aromatic rings. The average Bonchev–Trinajstić information content (AvgIpc) is 2.15. The maximum Gasteiger partial charge on any atom is 0.232 e. The molecule has 0 heterocycles. The van der Waals surface area contributed by atoms with Gasteiger partial charge in [-0.25, -0.2) is 8.93 Å². The van der Waals surface area contributed by atoms with Gasteiger partial charge in [0.15, 0.2) is 0 Å². The van der Waals surface area contributed by atoms with Gasteiger partial charge in [-0.05, 0) is 11.1 Å². The lowest BCUT2D eigenvalue weighted by Gasteiger charge is -2.02. The van der Waals surface area contributed by atoms with Gasteiger partial charge in [-0.3, -0.25) is 4.55 Å². The minimum absolute atomic E-state index is 0.372. The predicted molar refractivity (Wildman–Crippen MR) is 51.9 cm³/mol. The standard InChI is InChI=1S/C8H12N2O2S/c9-5-7-2-1-3-8(4-7)6-10-13(11)12/h1-4,10H,5-6,9H2,(H,11,12). The Hall–Kier alpha value is -0.750. The van der Waals surface area contributed by atoms with Gasteiger partial charge in [0.25, 0.3) is 0 Å². The van der Waals surface area contributed by atoms with E-state index in [1.54, 1.807) is 0 Å². The molecule has 0 saturated heterocycles. The molecule has 5 heteroatoms. The molecule has 72 valence electrons. The third-order valence-corrected chi connectivity index (χ3v) is 2.02. The molecule has 1 aromatic carbocycles. The first-order valence-electron chi connectivity index (χ1n) is 3.84. The summed E-state index contributed by atoms with van der Waals surface area (Å²) >= 11 is -1.96. The SMILES string of the molecule is NCc1cccc(CNS(=O)O)c1. The molecular formula is C8H12N2O2S. The molecule has 0 aliphatic heterocycles. The van der Waals surface area contributed by atoms with Gasteiger partial charge in [0, 0.05) is 13.1 Å². The fourth-order valence-corrected chi connectivity index (χ4v) is 1.30. The van der Waals surface area contributed by atoms with E-state index in [4.69, 9.17) is 10.3 Å². The van der Waals surface area contributed by atoms with Crippen LogP contribution < -0.4 is 10.5 Å². The molecule has 1 unspecified atom stereocenters. The number of nitrogens with two attached hydrogens (primary N) is 1. The summed E-state index contributed by atoms with van der Waals surface area (Å²) in [6.45, 7) is 0.854. The maximum absolute atomic E-state index is 10.3. The molecule has 0 bridgehead atoms. The highest BCUT2D eigenvalue weighted by atomic mass is 32.2. The lowest BCUT2D eigenvalue weighted by Crippen LogP contribution is -2.15. The fourth-order valence-electron chi connectivity index (χ4n) is 1.01. The summed E-state index contributed by atoms with van der Waals surface area (Å²) in [7, 11) is 0. The lowest BCUT2D eigenvalue weighted by molar-refractivity contribution is 0.548. The van der Waals surface area contributed by atoms with Crippen LogP contribution in [-0.4, -0.2) is 8.76 Å². The first-order chi connectivity index (χ1) is 6.22. The molecule has 13 heavy (non-hydrogen) atoms. The molecule has 0 spiro atoms. The van der Waals surface area contributed by atoms with Gasteiger partial charge >= 0.3 is 0 Å². The molecule has 4 nitrogen and oxygen atoms in total. The number of rotatable bonds is 4. The summed E-state index contributed by atoms with van der Waals surface area (Å²) in [6, 6.07) is 7.57. The van der Waals surface area contributed by atoms with Gasteiger partial charge in [-0.2, -0.15) is 0 Å². The molecule has 0 saturated carbocycles. The van der Waals surface area contributed by atoms with Gasteiger partial charge in [0.1, 0.15) is 0 Å². The average molecular weight is 200 g/mol. The van der Waals surface area contributed by atoms with Crippen molar-refractivity contribution in [2.75, 3.05) is 0 Å². The van der Waals surface area contributed by atoms with Crippen LogP contribution in [-0.2, 0) is 24.4 Å². The van der Waals surface area contributed by atoms with Crippen molar-refractivity contribution in [3.8, 4) is 0 Å². The summed E-state index contributed by atoms with van der Waals surface area (Å²) in [6.07, 6.45) is 0. The summed E-state index contributed by atoms with van der Waals surface area (Å²) < 4.78 is 21.2. The third kappa shape index (κ3) is 3.65. The van der Waals surface area contributed by atoms with E-state index >= 15 is 0 Å². The van der Waals surface area contributed by atoms with E-state index in [1.165, 1.54) is 0 Å². The Morgan fingerprint density at radius 2 is 2.15 bits per heavy atom. The van der Waals surface area contributed by atoms with Gasteiger partial charge in [-0.15, -0.1) is 0 Å². The van der Waals surface area contributed by atoms with Crippen LogP contribution in [0.25, 0.3) is 0 Å². The first-order valence-corrected chi connectivity index (χ1v) is 4.95. The van der Waals surface area contributed by atoms with Crippen molar-refractivity contribution in [2.24, 2.45) is 5.73 Å². The summed E-state index contributed by atoms with van der Waals surface area (Å²) in [4.78, 5) is 0. The Balaban J connectivity index is 2.61. The minimum atomic E-state index is -1.96. The maximum atomic E-state index is 10.3. The number of benzene rings is 1. The molecule has 1 atom stereocenters. The van der Waals surface area contributed by atoms with E-state index < -0.39 is 11.3 Å². The zero-order valence-electron chi connectivity index (χ0n) is 7.06. The van der Waals surface area contributed by atoms with Gasteiger partial charge in [-0.1, -0.05) is 24.3 Å². The predicted octanol–water partition coefficient (Wildman–Crippen LogP) is 0.372. The van der Waals surface area contributed by atoms with Crippen molar-refractivity contribution in [1.29, 1.82) is 0 Å². The van der Waals surface area contributed by atoms with Crippen molar-refractivity contribution in [3.63, 3.8) is 0 Å². The largest absolute Gasteiger partial charge is 0.326 e. The molecule has 0 radical (unpaired) electrons. The zero-order valence-corrected chi connectivity index (χ0v) is 7.88. The molecule has 0 fully saturated rings. The highest BCUT2D eigenvalue weighted by Crippen LogP contribution is 2.03. The van der Waals surface area contributed by atoms with Crippen LogP contribution in [0.4, 0.5) is 0 Å². The molecular weight excluding hydrogens is 188 g/mol. The molecule has 0 aromatic heterocycles. The molecule has 1 rings (SSSR count). The third-order valence-electron chi connectivity index (χ3n) is 1.63. The summed E-state index contributed by atoms with van der Waals surface area (Å²) in [5.74, 6) is 0. The first kappa shape index (κ1) is 10.3. The van der Waals surface area contributed by atoms with Gasteiger partial charge in [0.05, 0.1) is 0 Å². The van der Waals surface area contributed by atoms with Crippen molar-refractivity contribution in [3.05, 3.63) is 35.4 Å². The second-order valence-electron chi connectivity index (χ2n) is 2.59. The Morgan fingerprint density at radius 1 is 1.46 bits per heavy atom. The highest BCUT2D eigenvalue weighted by molar-refractivity contribution is 7.77. The van der Waals surface area contributed by atoms with Crippen LogP contribution >= 0.6 is 0 Å². The van der Waals surface area contributed by atoms with E-state index in [9.17, 15) is 4.21 Å². The Bertz CT molecular complexity index is 304. The normalized spacial score (nSPS) is 12.8. The van der Waals surface area contributed by atoms with Crippen molar-refractivity contribution in [1.82, 2.24) is 4.72 Å². The minimum Gasteiger partial charge on any atom is -0.326 e. The topological polar surface area (TPSA) is 75.3 Å². The van der Waals surface area contributed by atoms with E-state index in [0.29, 0.717) is 13.1 Å². The summed E-state index contributed by atoms with van der Waals surface area (Å²) in [5.41, 5.74) is 7.41. The number of hydrogen-bond donors (Lipinski definition) is 3. The number of hydrogen-bond acceptors (Lipinski definition) is 2. The van der Waals surface area contributed by atoms with Crippen LogP contribution in [0.2, 0.25) is 0 Å². The molecule has 0 aliphatic carbocycles.